The van der Waals surface area contributed by atoms with Gasteiger partial charge in [0.05, 0.1) is 6.61 Å². The van der Waals surface area contributed by atoms with Gasteiger partial charge in [-0.3, -0.25) is 9.69 Å². The van der Waals surface area contributed by atoms with Gasteiger partial charge >= 0.3 is 6.03 Å². The molecule has 1 N–H and O–H groups in total. The van der Waals surface area contributed by atoms with Crippen molar-refractivity contribution in [2.45, 2.75) is 32.7 Å². The van der Waals surface area contributed by atoms with Crippen LogP contribution >= 0.6 is 0 Å². The summed E-state index contributed by atoms with van der Waals surface area (Å²) in [7, 11) is 0. The monoisotopic (exact) mass is 388 g/mol. The molecule has 7 heteroatoms. The van der Waals surface area contributed by atoms with Gasteiger partial charge in [-0.2, -0.15) is 0 Å². The number of carbonyl (C=O) groups excluding carboxylic acids is 2. The van der Waals surface area contributed by atoms with Crippen LogP contribution in [-0.2, 0) is 10.3 Å². The zero-order valence-electron chi connectivity index (χ0n) is 16.0. The number of aryl methyl sites for hydroxylation is 2. The lowest BCUT2D eigenvalue weighted by Gasteiger charge is -2.22. The maximum Gasteiger partial charge on any atom is 0.325 e. The second-order valence-corrected chi connectivity index (χ2v) is 7.17. The first-order valence-corrected chi connectivity index (χ1v) is 9.01. The fraction of sp³-hybridized carbons (Fsp3) is 0.333. The first kappa shape index (κ1) is 19.8. The molecule has 0 spiro atoms. The summed E-state index contributed by atoms with van der Waals surface area (Å²) in [6, 6.07) is 8.48. The molecule has 1 fully saturated rings. The number of halogens is 2. The van der Waals surface area contributed by atoms with E-state index in [0.717, 1.165) is 33.9 Å². The predicted octanol–water partition coefficient (Wildman–Crippen LogP) is 3.82. The highest BCUT2D eigenvalue weighted by atomic mass is 19.2. The molecule has 1 heterocycles. The number of rotatable bonds is 6. The van der Waals surface area contributed by atoms with Crippen molar-refractivity contribution in [3.05, 3.63) is 64.7 Å². The maximum atomic E-state index is 13.6. The Kier molecular flexibility index (Phi) is 5.36. The van der Waals surface area contributed by atoms with Gasteiger partial charge in [0.2, 0.25) is 0 Å². The normalized spacial score (nSPS) is 19.1. The zero-order chi connectivity index (χ0) is 20.5. The molecule has 5 nitrogen and oxygen atoms in total. The number of benzene rings is 2. The van der Waals surface area contributed by atoms with E-state index in [1.165, 1.54) is 13.0 Å². The van der Waals surface area contributed by atoms with E-state index in [9.17, 15) is 18.4 Å². The molecule has 1 aliphatic rings. The molecular weight excluding hydrogens is 366 g/mol. The molecule has 0 bridgehead atoms. The van der Waals surface area contributed by atoms with E-state index in [2.05, 4.69) is 5.32 Å². The molecular formula is C21H22F2N2O3. The number of hydrogen-bond donors (Lipinski definition) is 1. The molecule has 3 amide bonds. The molecule has 1 saturated heterocycles. The van der Waals surface area contributed by atoms with Crippen LogP contribution in [-0.4, -0.2) is 30.0 Å². The van der Waals surface area contributed by atoms with Gasteiger partial charge in [0.1, 0.15) is 11.3 Å². The van der Waals surface area contributed by atoms with Gasteiger partial charge in [0, 0.05) is 6.54 Å². The molecule has 1 unspecified atom stereocenters. The van der Waals surface area contributed by atoms with Crippen molar-refractivity contribution >= 4 is 11.9 Å². The van der Waals surface area contributed by atoms with Crippen LogP contribution in [0.15, 0.2) is 36.4 Å². The zero-order valence-corrected chi connectivity index (χ0v) is 16.0. The summed E-state index contributed by atoms with van der Waals surface area (Å²) in [5, 5.41) is 2.57. The molecule has 0 aliphatic carbocycles. The van der Waals surface area contributed by atoms with Crippen molar-refractivity contribution < 1.29 is 23.1 Å². The number of urea groups is 1. The van der Waals surface area contributed by atoms with E-state index in [1.807, 2.05) is 32.0 Å². The first-order valence-electron chi connectivity index (χ1n) is 9.01. The Bertz CT molecular complexity index is 912. The largest absolute Gasteiger partial charge is 0.494 e. The van der Waals surface area contributed by atoms with Gasteiger partial charge < -0.3 is 10.1 Å². The van der Waals surface area contributed by atoms with Crippen LogP contribution in [0.3, 0.4) is 0 Å². The Balaban J connectivity index is 1.62. The lowest BCUT2D eigenvalue weighted by Crippen LogP contribution is -2.41. The van der Waals surface area contributed by atoms with Crippen LogP contribution < -0.4 is 10.1 Å². The lowest BCUT2D eigenvalue weighted by atomic mass is 9.92. The van der Waals surface area contributed by atoms with E-state index in [-0.39, 0.29) is 12.1 Å². The average molecular weight is 388 g/mol. The van der Waals surface area contributed by atoms with Crippen molar-refractivity contribution in [1.29, 1.82) is 0 Å². The third-order valence-electron chi connectivity index (χ3n) is 4.76. The molecule has 0 radical (unpaired) electrons. The van der Waals surface area contributed by atoms with Crippen LogP contribution in [0, 0.1) is 25.5 Å². The molecule has 0 saturated carbocycles. The first-order chi connectivity index (χ1) is 13.2. The Morgan fingerprint density at radius 3 is 2.36 bits per heavy atom. The molecule has 3 rings (SSSR count). The van der Waals surface area contributed by atoms with E-state index < -0.39 is 29.1 Å². The molecule has 2 aromatic rings. The predicted molar refractivity (Wildman–Crippen MR) is 100.0 cm³/mol. The number of nitrogens with one attached hydrogen (secondary N) is 1. The Hall–Kier alpha value is -2.96. The molecule has 2 aromatic carbocycles. The number of nitrogens with zero attached hydrogens (tertiary/aromatic N) is 1. The van der Waals surface area contributed by atoms with Crippen molar-refractivity contribution in [1.82, 2.24) is 10.2 Å². The molecule has 28 heavy (non-hydrogen) atoms. The van der Waals surface area contributed by atoms with Crippen molar-refractivity contribution in [3.8, 4) is 5.75 Å². The summed E-state index contributed by atoms with van der Waals surface area (Å²) < 4.78 is 32.4. The van der Waals surface area contributed by atoms with Crippen LogP contribution in [0.25, 0.3) is 0 Å². The van der Waals surface area contributed by atoms with Crippen LogP contribution in [0.1, 0.15) is 30.0 Å². The van der Waals surface area contributed by atoms with Gasteiger partial charge in [-0.05, 0) is 68.1 Å². The standard InChI is InChI=1S/C21H22F2N2O3/c1-13-9-14(2)11-16(10-13)28-8-4-7-25-19(26)21(3,24-20(25)27)15-5-6-17(22)18(23)12-15/h5-6,9-12H,4,7-8H2,1-3H3,(H,24,27). The van der Waals surface area contributed by atoms with E-state index in [1.54, 1.807) is 0 Å². The summed E-state index contributed by atoms with van der Waals surface area (Å²) in [5.74, 6) is -1.85. The van der Waals surface area contributed by atoms with Gasteiger partial charge in [-0.15, -0.1) is 0 Å². The summed E-state index contributed by atoms with van der Waals surface area (Å²) >= 11 is 0. The van der Waals surface area contributed by atoms with Gasteiger partial charge in [0.15, 0.2) is 11.6 Å². The highest BCUT2D eigenvalue weighted by molar-refractivity contribution is 6.07. The van der Waals surface area contributed by atoms with Crippen molar-refractivity contribution in [2.24, 2.45) is 0 Å². The third kappa shape index (κ3) is 3.83. The smallest absolute Gasteiger partial charge is 0.325 e. The summed E-state index contributed by atoms with van der Waals surface area (Å²) in [6.07, 6.45) is 0.444. The average Bonchev–Trinajstić information content (AvgIpc) is 2.83. The summed E-state index contributed by atoms with van der Waals surface area (Å²) in [4.78, 5) is 26.1. The minimum Gasteiger partial charge on any atom is -0.494 e. The second-order valence-electron chi connectivity index (χ2n) is 7.17. The Labute approximate surface area is 162 Å². The SMILES string of the molecule is Cc1cc(C)cc(OCCCN2C(=O)NC(C)(c3ccc(F)c(F)c3)C2=O)c1. The minimum atomic E-state index is -1.43. The maximum absolute atomic E-state index is 13.6. The lowest BCUT2D eigenvalue weighted by molar-refractivity contribution is -0.131. The van der Waals surface area contributed by atoms with Gasteiger partial charge in [-0.1, -0.05) is 12.1 Å². The van der Waals surface area contributed by atoms with E-state index >= 15 is 0 Å². The quantitative estimate of drug-likeness (QED) is 0.605. The highest BCUT2D eigenvalue weighted by Gasteiger charge is 2.48. The number of imide groups is 1. The summed E-state index contributed by atoms with van der Waals surface area (Å²) in [5.41, 5.74) is 0.941. The Morgan fingerprint density at radius 2 is 1.71 bits per heavy atom. The highest BCUT2D eigenvalue weighted by Crippen LogP contribution is 2.30. The van der Waals surface area contributed by atoms with Gasteiger partial charge in [-0.25, -0.2) is 13.6 Å². The van der Waals surface area contributed by atoms with Gasteiger partial charge in [0.25, 0.3) is 5.91 Å². The third-order valence-corrected chi connectivity index (χ3v) is 4.76. The van der Waals surface area contributed by atoms with Crippen molar-refractivity contribution in [3.63, 3.8) is 0 Å². The van der Waals surface area contributed by atoms with Crippen LogP contribution in [0.2, 0.25) is 0 Å². The minimum absolute atomic E-state index is 0.161. The fourth-order valence-electron chi connectivity index (χ4n) is 3.33. The fourth-order valence-corrected chi connectivity index (χ4v) is 3.33. The van der Waals surface area contributed by atoms with E-state index in [4.69, 9.17) is 4.74 Å². The molecule has 148 valence electrons. The second kappa shape index (κ2) is 7.58. The molecule has 0 aromatic heterocycles. The Morgan fingerprint density at radius 1 is 1.04 bits per heavy atom. The molecule has 1 aliphatic heterocycles. The number of carbonyl (C=O) groups is 2. The topological polar surface area (TPSA) is 58.6 Å². The van der Waals surface area contributed by atoms with Crippen molar-refractivity contribution in [2.75, 3.05) is 13.2 Å². The van der Waals surface area contributed by atoms with E-state index in [0.29, 0.717) is 13.0 Å². The van der Waals surface area contributed by atoms with Crippen LogP contribution in [0.4, 0.5) is 13.6 Å². The number of hydrogen-bond acceptors (Lipinski definition) is 3. The summed E-state index contributed by atoms with van der Waals surface area (Å²) in [6.45, 7) is 5.93. The molecule has 1 atom stereocenters. The number of ether oxygens (including phenoxy) is 1. The van der Waals surface area contributed by atoms with Crippen LogP contribution in [0.5, 0.6) is 5.75 Å². The number of amides is 3.